The molecule has 4 heteroatoms. The maximum Gasteiger partial charge on any atom is 0.196 e. The van der Waals surface area contributed by atoms with Crippen LogP contribution in [0.2, 0.25) is 0 Å². The number of hydrogen-bond acceptors (Lipinski definition) is 3. The van der Waals surface area contributed by atoms with E-state index in [2.05, 4.69) is 30.8 Å². The molecule has 0 aliphatic carbocycles. The van der Waals surface area contributed by atoms with E-state index in [9.17, 15) is 0 Å². The van der Waals surface area contributed by atoms with Crippen molar-refractivity contribution in [1.29, 1.82) is 0 Å². The van der Waals surface area contributed by atoms with Gasteiger partial charge in [-0.1, -0.05) is 0 Å². The van der Waals surface area contributed by atoms with Gasteiger partial charge in [0.25, 0.3) is 0 Å². The molecule has 0 spiro atoms. The molecule has 1 aliphatic heterocycles. The Morgan fingerprint density at radius 2 is 1.75 bits per heavy atom. The SMILES string of the molecule is Brc1ncc(N2CCCC2)cn1. The van der Waals surface area contributed by atoms with Crippen molar-refractivity contribution in [1.82, 2.24) is 9.97 Å². The van der Waals surface area contributed by atoms with Crippen LogP contribution in [0.15, 0.2) is 17.1 Å². The molecule has 0 N–H and O–H groups in total. The summed E-state index contributed by atoms with van der Waals surface area (Å²) in [7, 11) is 0. The zero-order valence-electron chi connectivity index (χ0n) is 6.70. The van der Waals surface area contributed by atoms with Gasteiger partial charge < -0.3 is 4.90 Å². The van der Waals surface area contributed by atoms with Crippen molar-refractivity contribution in [2.24, 2.45) is 0 Å². The molecule has 64 valence electrons. The van der Waals surface area contributed by atoms with Crippen molar-refractivity contribution < 1.29 is 0 Å². The van der Waals surface area contributed by atoms with E-state index in [0.717, 1.165) is 18.8 Å². The van der Waals surface area contributed by atoms with Crippen LogP contribution in [0, 0.1) is 0 Å². The Balaban J connectivity index is 2.17. The van der Waals surface area contributed by atoms with Crippen LogP contribution in [0.1, 0.15) is 12.8 Å². The first-order chi connectivity index (χ1) is 5.86. The van der Waals surface area contributed by atoms with E-state index in [0.29, 0.717) is 4.73 Å². The van der Waals surface area contributed by atoms with Crippen LogP contribution in [-0.4, -0.2) is 23.1 Å². The Labute approximate surface area is 80.0 Å². The molecule has 0 radical (unpaired) electrons. The number of anilines is 1. The summed E-state index contributed by atoms with van der Waals surface area (Å²) < 4.78 is 0.658. The quantitative estimate of drug-likeness (QED) is 0.686. The van der Waals surface area contributed by atoms with Crippen molar-refractivity contribution in [3.63, 3.8) is 0 Å². The Bertz CT molecular complexity index is 254. The van der Waals surface area contributed by atoms with E-state index >= 15 is 0 Å². The van der Waals surface area contributed by atoms with E-state index in [1.54, 1.807) is 0 Å². The predicted molar refractivity (Wildman–Crippen MR) is 51.2 cm³/mol. The molecule has 1 aromatic heterocycles. The molecular formula is C8H10BrN3. The van der Waals surface area contributed by atoms with Gasteiger partial charge in [-0.25, -0.2) is 9.97 Å². The molecule has 1 aromatic rings. The Morgan fingerprint density at radius 3 is 2.33 bits per heavy atom. The summed E-state index contributed by atoms with van der Waals surface area (Å²) in [4.78, 5) is 10.5. The van der Waals surface area contributed by atoms with Crippen molar-refractivity contribution in [3.8, 4) is 0 Å². The second-order valence-electron chi connectivity index (χ2n) is 2.90. The number of aromatic nitrogens is 2. The summed E-state index contributed by atoms with van der Waals surface area (Å²) >= 11 is 3.21. The summed E-state index contributed by atoms with van der Waals surface area (Å²) in [5.41, 5.74) is 1.13. The van der Waals surface area contributed by atoms with Gasteiger partial charge >= 0.3 is 0 Å². The Hall–Kier alpha value is -0.640. The maximum atomic E-state index is 4.09. The maximum absolute atomic E-state index is 4.09. The molecule has 2 rings (SSSR count). The first kappa shape index (κ1) is 7.98. The molecule has 12 heavy (non-hydrogen) atoms. The van der Waals surface area contributed by atoms with E-state index in [1.807, 2.05) is 12.4 Å². The van der Waals surface area contributed by atoms with Crippen molar-refractivity contribution in [2.75, 3.05) is 18.0 Å². The van der Waals surface area contributed by atoms with Crippen LogP contribution in [0.4, 0.5) is 5.69 Å². The zero-order chi connectivity index (χ0) is 8.39. The lowest BCUT2D eigenvalue weighted by Crippen LogP contribution is -2.17. The van der Waals surface area contributed by atoms with Crippen LogP contribution < -0.4 is 4.90 Å². The number of nitrogens with zero attached hydrogens (tertiary/aromatic N) is 3. The molecule has 0 saturated carbocycles. The summed E-state index contributed by atoms with van der Waals surface area (Å²) in [5, 5.41) is 0. The monoisotopic (exact) mass is 227 g/mol. The minimum absolute atomic E-state index is 0.658. The van der Waals surface area contributed by atoms with E-state index < -0.39 is 0 Å². The van der Waals surface area contributed by atoms with E-state index in [4.69, 9.17) is 0 Å². The van der Waals surface area contributed by atoms with Crippen LogP contribution in [0.5, 0.6) is 0 Å². The smallest absolute Gasteiger partial charge is 0.196 e. The topological polar surface area (TPSA) is 29.0 Å². The molecule has 0 bridgehead atoms. The lowest BCUT2D eigenvalue weighted by Gasteiger charge is -2.15. The highest BCUT2D eigenvalue weighted by Gasteiger charge is 2.12. The van der Waals surface area contributed by atoms with Crippen molar-refractivity contribution in [2.45, 2.75) is 12.8 Å². The minimum Gasteiger partial charge on any atom is -0.369 e. The van der Waals surface area contributed by atoms with Gasteiger partial charge in [-0.15, -0.1) is 0 Å². The highest BCUT2D eigenvalue weighted by molar-refractivity contribution is 9.10. The van der Waals surface area contributed by atoms with Crippen molar-refractivity contribution >= 4 is 21.6 Å². The molecule has 0 unspecified atom stereocenters. The van der Waals surface area contributed by atoms with Gasteiger partial charge in [-0.2, -0.15) is 0 Å². The predicted octanol–water partition coefficient (Wildman–Crippen LogP) is 1.84. The highest BCUT2D eigenvalue weighted by atomic mass is 79.9. The average molecular weight is 228 g/mol. The number of halogens is 1. The third-order valence-electron chi connectivity index (χ3n) is 2.08. The fourth-order valence-corrected chi connectivity index (χ4v) is 1.65. The van der Waals surface area contributed by atoms with E-state index in [1.165, 1.54) is 12.8 Å². The lowest BCUT2D eigenvalue weighted by atomic mass is 10.4. The lowest BCUT2D eigenvalue weighted by molar-refractivity contribution is 0.943. The van der Waals surface area contributed by atoms with Crippen molar-refractivity contribution in [3.05, 3.63) is 17.1 Å². The second-order valence-corrected chi connectivity index (χ2v) is 3.61. The van der Waals surface area contributed by atoms with Crippen LogP contribution >= 0.6 is 15.9 Å². The zero-order valence-corrected chi connectivity index (χ0v) is 8.29. The molecule has 0 amide bonds. The first-order valence-corrected chi connectivity index (χ1v) is 4.88. The molecular weight excluding hydrogens is 218 g/mol. The highest BCUT2D eigenvalue weighted by Crippen LogP contribution is 2.18. The Morgan fingerprint density at radius 1 is 1.17 bits per heavy atom. The standard InChI is InChI=1S/C8H10BrN3/c9-8-10-5-7(6-11-8)12-3-1-2-4-12/h5-6H,1-4H2. The Kier molecular flexibility index (Phi) is 2.26. The summed E-state index contributed by atoms with van der Waals surface area (Å²) in [6, 6.07) is 0. The average Bonchev–Trinajstić information content (AvgIpc) is 2.58. The first-order valence-electron chi connectivity index (χ1n) is 4.09. The van der Waals surface area contributed by atoms with E-state index in [-0.39, 0.29) is 0 Å². The molecule has 2 heterocycles. The third-order valence-corrected chi connectivity index (χ3v) is 2.49. The molecule has 0 aromatic carbocycles. The van der Waals surface area contributed by atoms with Gasteiger partial charge in [0.1, 0.15) is 0 Å². The normalized spacial score (nSPS) is 16.9. The minimum atomic E-state index is 0.658. The largest absolute Gasteiger partial charge is 0.369 e. The van der Waals surface area contributed by atoms with Crippen LogP contribution in [0.25, 0.3) is 0 Å². The number of hydrogen-bond donors (Lipinski definition) is 0. The summed E-state index contributed by atoms with van der Waals surface area (Å²) in [6.45, 7) is 2.29. The summed E-state index contributed by atoms with van der Waals surface area (Å²) in [5.74, 6) is 0. The molecule has 0 atom stereocenters. The third kappa shape index (κ3) is 1.58. The van der Waals surface area contributed by atoms with Gasteiger partial charge in [0.05, 0.1) is 18.1 Å². The molecule has 3 nitrogen and oxygen atoms in total. The number of rotatable bonds is 1. The van der Waals surface area contributed by atoms with Gasteiger partial charge in [0.15, 0.2) is 4.73 Å². The van der Waals surface area contributed by atoms with Gasteiger partial charge in [-0.05, 0) is 28.8 Å². The fourth-order valence-electron chi connectivity index (χ4n) is 1.44. The van der Waals surface area contributed by atoms with Crippen LogP contribution in [0.3, 0.4) is 0 Å². The van der Waals surface area contributed by atoms with Crippen LogP contribution in [-0.2, 0) is 0 Å². The molecule has 1 aliphatic rings. The fraction of sp³-hybridized carbons (Fsp3) is 0.500. The molecule has 1 fully saturated rings. The molecule has 1 saturated heterocycles. The van der Waals surface area contributed by atoms with Gasteiger partial charge in [-0.3, -0.25) is 0 Å². The summed E-state index contributed by atoms with van der Waals surface area (Å²) in [6.07, 6.45) is 6.30. The second kappa shape index (κ2) is 3.39. The van der Waals surface area contributed by atoms with Gasteiger partial charge in [0, 0.05) is 13.1 Å². The van der Waals surface area contributed by atoms with Gasteiger partial charge in [0.2, 0.25) is 0 Å².